The molecule has 0 aliphatic rings. The van der Waals surface area contributed by atoms with Gasteiger partial charge in [0.1, 0.15) is 23.1 Å². The van der Waals surface area contributed by atoms with E-state index in [2.05, 4.69) is 17.2 Å². The number of nitrogens with zero attached hydrogens (tertiary/aromatic N) is 1. The van der Waals surface area contributed by atoms with Crippen LogP contribution in [0, 0.1) is 0 Å². The fraction of sp³-hybridized carbons (Fsp3) is 0.267. The van der Waals surface area contributed by atoms with Gasteiger partial charge in [-0.1, -0.05) is 6.92 Å². The van der Waals surface area contributed by atoms with Gasteiger partial charge in [-0.25, -0.2) is 4.98 Å². The van der Waals surface area contributed by atoms with Crippen LogP contribution in [0.2, 0.25) is 0 Å². The summed E-state index contributed by atoms with van der Waals surface area (Å²) >= 11 is 0. The van der Waals surface area contributed by atoms with Gasteiger partial charge in [0.05, 0.1) is 6.61 Å². The smallest absolute Gasteiger partial charge is 0.132 e. The topological polar surface area (TPSA) is 43.4 Å². The molecule has 100 valence electrons. The van der Waals surface area contributed by atoms with E-state index in [9.17, 15) is 0 Å². The van der Waals surface area contributed by atoms with Crippen LogP contribution in [0.15, 0.2) is 42.6 Å². The molecule has 0 unspecified atom stereocenters. The van der Waals surface area contributed by atoms with Crippen molar-refractivity contribution in [1.82, 2.24) is 4.98 Å². The van der Waals surface area contributed by atoms with Crippen molar-refractivity contribution in [3.05, 3.63) is 42.6 Å². The van der Waals surface area contributed by atoms with Crippen molar-refractivity contribution in [3.8, 4) is 17.2 Å². The normalized spacial score (nSPS) is 10.0. The van der Waals surface area contributed by atoms with Gasteiger partial charge in [0.25, 0.3) is 0 Å². The molecule has 1 heterocycles. The van der Waals surface area contributed by atoms with Gasteiger partial charge < -0.3 is 14.8 Å². The summed E-state index contributed by atoms with van der Waals surface area (Å²) in [5, 5.41) is 2.97. The van der Waals surface area contributed by atoms with Crippen molar-refractivity contribution in [2.75, 3.05) is 19.0 Å². The van der Waals surface area contributed by atoms with Gasteiger partial charge in [-0.2, -0.15) is 0 Å². The van der Waals surface area contributed by atoms with Crippen LogP contribution in [0.3, 0.4) is 0 Å². The Balaban J connectivity index is 2.02. The first-order valence-electron chi connectivity index (χ1n) is 6.36. The highest BCUT2D eigenvalue weighted by Crippen LogP contribution is 2.24. The van der Waals surface area contributed by atoms with Crippen LogP contribution in [-0.2, 0) is 0 Å². The van der Waals surface area contributed by atoms with E-state index in [0.29, 0.717) is 0 Å². The zero-order valence-corrected chi connectivity index (χ0v) is 11.2. The minimum atomic E-state index is 0.732. The number of pyridine rings is 1. The Kier molecular flexibility index (Phi) is 4.61. The number of aromatic nitrogens is 1. The van der Waals surface area contributed by atoms with Crippen LogP contribution < -0.4 is 14.8 Å². The lowest BCUT2D eigenvalue weighted by Crippen LogP contribution is -1.95. The van der Waals surface area contributed by atoms with E-state index in [1.165, 1.54) is 0 Å². The first-order valence-corrected chi connectivity index (χ1v) is 6.36. The summed E-state index contributed by atoms with van der Waals surface area (Å²) in [6.45, 7) is 2.82. The molecule has 2 rings (SSSR count). The third-order valence-electron chi connectivity index (χ3n) is 2.52. The molecular formula is C15H18N2O2. The van der Waals surface area contributed by atoms with E-state index in [4.69, 9.17) is 9.47 Å². The highest BCUT2D eigenvalue weighted by molar-refractivity contribution is 5.42. The molecular weight excluding hydrogens is 240 g/mol. The third kappa shape index (κ3) is 3.88. The van der Waals surface area contributed by atoms with Gasteiger partial charge in [0.15, 0.2) is 0 Å². The highest BCUT2D eigenvalue weighted by Gasteiger charge is 2.00. The highest BCUT2D eigenvalue weighted by atomic mass is 16.5. The summed E-state index contributed by atoms with van der Waals surface area (Å²) in [7, 11) is 1.83. The lowest BCUT2D eigenvalue weighted by Gasteiger charge is -2.08. The lowest BCUT2D eigenvalue weighted by molar-refractivity contribution is 0.317. The summed E-state index contributed by atoms with van der Waals surface area (Å²) in [6, 6.07) is 11.3. The van der Waals surface area contributed by atoms with E-state index in [1.54, 1.807) is 6.20 Å². The molecule has 0 aliphatic heterocycles. The lowest BCUT2D eigenvalue weighted by atomic mass is 10.3. The number of hydrogen-bond donors (Lipinski definition) is 1. The Labute approximate surface area is 113 Å². The molecule has 1 aromatic heterocycles. The molecule has 0 saturated heterocycles. The SMILES string of the molecule is CCCOc1ccc(Oc2ccnc(NC)c2)cc1. The van der Waals surface area contributed by atoms with Crippen molar-refractivity contribution in [1.29, 1.82) is 0 Å². The zero-order valence-electron chi connectivity index (χ0n) is 11.2. The largest absolute Gasteiger partial charge is 0.494 e. The standard InChI is InChI=1S/C15H18N2O2/c1-3-10-18-12-4-6-13(7-5-12)19-14-8-9-17-15(11-14)16-2/h4-9,11H,3,10H2,1-2H3,(H,16,17). The molecule has 1 N–H and O–H groups in total. The predicted molar refractivity (Wildman–Crippen MR) is 76.1 cm³/mol. The predicted octanol–water partition coefficient (Wildman–Crippen LogP) is 3.70. The first-order chi connectivity index (χ1) is 9.31. The molecule has 19 heavy (non-hydrogen) atoms. The van der Waals surface area contributed by atoms with Crippen LogP contribution in [0.1, 0.15) is 13.3 Å². The second kappa shape index (κ2) is 6.64. The van der Waals surface area contributed by atoms with Crippen LogP contribution in [-0.4, -0.2) is 18.6 Å². The van der Waals surface area contributed by atoms with E-state index in [0.717, 1.165) is 36.1 Å². The molecule has 0 spiro atoms. The van der Waals surface area contributed by atoms with Crippen LogP contribution >= 0.6 is 0 Å². The van der Waals surface area contributed by atoms with E-state index >= 15 is 0 Å². The second-order valence-electron chi connectivity index (χ2n) is 4.05. The maximum Gasteiger partial charge on any atom is 0.132 e. The monoisotopic (exact) mass is 258 g/mol. The Hall–Kier alpha value is -2.23. The summed E-state index contributed by atoms with van der Waals surface area (Å²) in [5.41, 5.74) is 0. The number of rotatable bonds is 6. The van der Waals surface area contributed by atoms with E-state index in [-0.39, 0.29) is 0 Å². The van der Waals surface area contributed by atoms with Crippen molar-refractivity contribution in [3.63, 3.8) is 0 Å². The van der Waals surface area contributed by atoms with Crippen molar-refractivity contribution in [2.45, 2.75) is 13.3 Å². The molecule has 2 aromatic rings. The average Bonchev–Trinajstić information content (AvgIpc) is 2.47. The summed E-state index contributed by atoms with van der Waals surface area (Å²) in [4.78, 5) is 4.14. The molecule has 1 aromatic carbocycles. The molecule has 0 fully saturated rings. The molecule has 0 radical (unpaired) electrons. The van der Waals surface area contributed by atoms with Crippen molar-refractivity contribution in [2.24, 2.45) is 0 Å². The zero-order chi connectivity index (χ0) is 13.5. The Morgan fingerprint density at radius 3 is 2.47 bits per heavy atom. The molecule has 0 aliphatic carbocycles. The molecule has 4 heteroatoms. The number of hydrogen-bond acceptors (Lipinski definition) is 4. The van der Waals surface area contributed by atoms with Crippen molar-refractivity contribution >= 4 is 5.82 Å². The summed E-state index contributed by atoms with van der Waals surface area (Å²) < 4.78 is 11.3. The average molecular weight is 258 g/mol. The second-order valence-corrected chi connectivity index (χ2v) is 4.05. The van der Waals surface area contributed by atoms with Gasteiger partial charge in [-0.05, 0) is 36.8 Å². The Bertz CT molecular complexity index is 512. The van der Waals surface area contributed by atoms with Crippen LogP contribution in [0.4, 0.5) is 5.82 Å². The molecule has 0 bridgehead atoms. The fourth-order valence-electron chi connectivity index (χ4n) is 1.57. The molecule has 0 saturated carbocycles. The maximum atomic E-state index is 5.74. The van der Waals surface area contributed by atoms with Crippen LogP contribution in [0.5, 0.6) is 17.2 Å². The van der Waals surface area contributed by atoms with Gasteiger partial charge >= 0.3 is 0 Å². The summed E-state index contributed by atoms with van der Waals surface area (Å²) in [5.74, 6) is 3.17. The number of ether oxygens (including phenoxy) is 2. The molecule has 0 amide bonds. The van der Waals surface area contributed by atoms with Crippen molar-refractivity contribution < 1.29 is 9.47 Å². The number of nitrogens with one attached hydrogen (secondary N) is 1. The quantitative estimate of drug-likeness (QED) is 0.857. The molecule has 4 nitrogen and oxygen atoms in total. The summed E-state index contributed by atoms with van der Waals surface area (Å²) in [6.07, 6.45) is 2.71. The fourth-order valence-corrected chi connectivity index (χ4v) is 1.57. The Morgan fingerprint density at radius 1 is 1.05 bits per heavy atom. The van der Waals surface area contributed by atoms with Crippen LogP contribution in [0.25, 0.3) is 0 Å². The minimum absolute atomic E-state index is 0.732. The van der Waals surface area contributed by atoms with Gasteiger partial charge in [0, 0.05) is 19.3 Å². The first kappa shape index (κ1) is 13.2. The Morgan fingerprint density at radius 2 is 1.79 bits per heavy atom. The number of benzene rings is 1. The van der Waals surface area contributed by atoms with Gasteiger partial charge in [-0.15, -0.1) is 0 Å². The third-order valence-corrected chi connectivity index (χ3v) is 2.52. The number of anilines is 1. The maximum absolute atomic E-state index is 5.74. The minimum Gasteiger partial charge on any atom is -0.494 e. The van der Waals surface area contributed by atoms with Gasteiger partial charge in [-0.3, -0.25) is 0 Å². The van der Waals surface area contributed by atoms with E-state index in [1.807, 2.05) is 43.4 Å². The van der Waals surface area contributed by atoms with Gasteiger partial charge in [0.2, 0.25) is 0 Å². The molecule has 0 atom stereocenters. The van der Waals surface area contributed by atoms with E-state index < -0.39 is 0 Å².